The van der Waals surface area contributed by atoms with E-state index in [9.17, 15) is 14.7 Å². The van der Waals surface area contributed by atoms with Crippen molar-refractivity contribution in [2.75, 3.05) is 33.4 Å². The Morgan fingerprint density at radius 1 is 1.14 bits per heavy atom. The number of nitrogens with zero attached hydrogens (tertiary/aromatic N) is 1. The van der Waals surface area contributed by atoms with E-state index in [1.54, 1.807) is 26.0 Å². The lowest BCUT2D eigenvalue weighted by Crippen LogP contribution is -2.37. The van der Waals surface area contributed by atoms with E-state index < -0.39 is 11.9 Å². The van der Waals surface area contributed by atoms with Gasteiger partial charge in [0.2, 0.25) is 0 Å². The molecule has 0 saturated heterocycles. The molecule has 6 nitrogen and oxygen atoms in total. The van der Waals surface area contributed by atoms with Gasteiger partial charge in [0.15, 0.2) is 0 Å². The van der Waals surface area contributed by atoms with Gasteiger partial charge in [-0.3, -0.25) is 4.79 Å². The number of aromatic carboxylic acids is 1. The van der Waals surface area contributed by atoms with Gasteiger partial charge in [-0.05, 0) is 25.0 Å². The van der Waals surface area contributed by atoms with E-state index in [-0.39, 0.29) is 24.3 Å². The number of carbonyl (C=O) groups excluding carboxylic acids is 1. The van der Waals surface area contributed by atoms with Crippen LogP contribution >= 0.6 is 0 Å². The summed E-state index contributed by atoms with van der Waals surface area (Å²) in [5.74, 6) is -1.53. The molecule has 0 aromatic heterocycles. The maximum Gasteiger partial charge on any atom is 0.336 e. The zero-order valence-electron chi connectivity index (χ0n) is 12.5. The van der Waals surface area contributed by atoms with E-state index in [1.165, 1.54) is 12.0 Å². The summed E-state index contributed by atoms with van der Waals surface area (Å²) < 4.78 is 4.94. The fraction of sp³-hybridized carbons (Fsp3) is 0.467. The molecule has 1 aromatic carbocycles. The Hall–Kier alpha value is -1.92. The molecule has 0 radical (unpaired) electrons. The highest BCUT2D eigenvalue weighted by atomic mass is 16.5. The molecule has 0 unspecified atom stereocenters. The number of aliphatic hydroxyl groups is 1. The van der Waals surface area contributed by atoms with E-state index in [0.29, 0.717) is 24.3 Å². The first-order chi connectivity index (χ1) is 9.93. The molecular weight excluding hydrogens is 274 g/mol. The number of hydrogen-bond donors (Lipinski definition) is 2. The van der Waals surface area contributed by atoms with E-state index in [0.717, 1.165) is 0 Å². The van der Waals surface area contributed by atoms with Gasteiger partial charge >= 0.3 is 5.97 Å². The number of amides is 1. The van der Waals surface area contributed by atoms with Crippen LogP contribution in [-0.2, 0) is 4.74 Å². The van der Waals surface area contributed by atoms with Crippen molar-refractivity contribution >= 4 is 11.9 Å². The van der Waals surface area contributed by atoms with Crippen LogP contribution in [0.15, 0.2) is 12.1 Å². The molecule has 1 rings (SSSR count). The van der Waals surface area contributed by atoms with Gasteiger partial charge in [0.05, 0.1) is 24.3 Å². The topological polar surface area (TPSA) is 87.1 Å². The van der Waals surface area contributed by atoms with Crippen LogP contribution in [0.25, 0.3) is 0 Å². The Kier molecular flexibility index (Phi) is 6.33. The Morgan fingerprint density at radius 3 is 2.19 bits per heavy atom. The number of rotatable bonds is 7. The van der Waals surface area contributed by atoms with Gasteiger partial charge in [0.25, 0.3) is 5.91 Å². The van der Waals surface area contributed by atoms with Crippen LogP contribution < -0.4 is 0 Å². The molecule has 0 aliphatic carbocycles. The predicted octanol–water partition coefficient (Wildman–Crippen LogP) is 1.08. The summed E-state index contributed by atoms with van der Waals surface area (Å²) in [6.07, 6.45) is 0. The highest BCUT2D eigenvalue weighted by Gasteiger charge is 2.25. The average molecular weight is 295 g/mol. The second-order valence-corrected chi connectivity index (χ2v) is 4.76. The predicted molar refractivity (Wildman–Crippen MR) is 77.7 cm³/mol. The van der Waals surface area contributed by atoms with E-state index in [1.807, 2.05) is 0 Å². The molecule has 2 N–H and O–H groups in total. The highest BCUT2D eigenvalue weighted by Crippen LogP contribution is 2.20. The van der Waals surface area contributed by atoms with Crippen LogP contribution in [0.1, 0.15) is 31.8 Å². The van der Waals surface area contributed by atoms with E-state index >= 15 is 0 Å². The molecule has 0 fully saturated rings. The fourth-order valence-electron chi connectivity index (χ4n) is 2.16. The van der Waals surface area contributed by atoms with Crippen LogP contribution in [0.2, 0.25) is 0 Å². The number of hydrogen-bond acceptors (Lipinski definition) is 4. The number of carboxylic acid groups (broad SMARTS) is 1. The zero-order valence-corrected chi connectivity index (χ0v) is 12.5. The Bertz CT molecular complexity index is 527. The first-order valence-corrected chi connectivity index (χ1v) is 6.66. The average Bonchev–Trinajstić information content (AvgIpc) is 2.44. The van der Waals surface area contributed by atoms with Gasteiger partial charge in [0, 0.05) is 20.2 Å². The first kappa shape index (κ1) is 17.1. The third-order valence-corrected chi connectivity index (χ3v) is 3.27. The first-order valence-electron chi connectivity index (χ1n) is 6.66. The maximum absolute atomic E-state index is 12.6. The molecule has 0 spiro atoms. The minimum atomic E-state index is -1.13. The SMILES string of the molecule is COCCN(CCO)C(=O)c1c(C)ccc(C)c1C(=O)O. The second kappa shape index (κ2) is 7.75. The van der Waals surface area contributed by atoms with Crippen molar-refractivity contribution in [2.24, 2.45) is 0 Å². The molecule has 0 aliphatic heterocycles. The molecule has 0 bridgehead atoms. The van der Waals surface area contributed by atoms with Gasteiger partial charge in [-0.25, -0.2) is 4.79 Å². The second-order valence-electron chi connectivity index (χ2n) is 4.76. The largest absolute Gasteiger partial charge is 0.478 e. The summed E-state index contributed by atoms with van der Waals surface area (Å²) in [4.78, 5) is 25.5. The molecular formula is C15H21NO5. The van der Waals surface area contributed by atoms with Crippen molar-refractivity contribution in [2.45, 2.75) is 13.8 Å². The maximum atomic E-state index is 12.6. The lowest BCUT2D eigenvalue weighted by Gasteiger charge is -2.23. The molecule has 1 amide bonds. The van der Waals surface area contributed by atoms with Crippen molar-refractivity contribution in [3.63, 3.8) is 0 Å². The summed E-state index contributed by atoms with van der Waals surface area (Å²) in [6.45, 7) is 3.91. The Balaban J connectivity index is 3.26. The molecule has 6 heteroatoms. The van der Waals surface area contributed by atoms with E-state index in [2.05, 4.69) is 0 Å². The Morgan fingerprint density at radius 2 is 1.71 bits per heavy atom. The van der Waals surface area contributed by atoms with Crippen LogP contribution in [0, 0.1) is 13.8 Å². The van der Waals surface area contributed by atoms with Gasteiger partial charge in [-0.1, -0.05) is 12.1 Å². The summed E-state index contributed by atoms with van der Waals surface area (Å²) in [6, 6.07) is 3.41. The van der Waals surface area contributed by atoms with Crippen molar-refractivity contribution in [1.29, 1.82) is 0 Å². The summed E-state index contributed by atoms with van der Waals surface area (Å²) in [5.41, 5.74) is 1.32. The highest BCUT2D eigenvalue weighted by molar-refractivity contribution is 6.06. The molecule has 0 aliphatic rings. The van der Waals surface area contributed by atoms with Crippen LogP contribution in [0.5, 0.6) is 0 Å². The molecule has 1 aromatic rings. The van der Waals surface area contributed by atoms with Crippen molar-refractivity contribution in [3.05, 3.63) is 34.4 Å². The van der Waals surface area contributed by atoms with Gasteiger partial charge in [0.1, 0.15) is 0 Å². The third-order valence-electron chi connectivity index (χ3n) is 3.27. The van der Waals surface area contributed by atoms with Crippen molar-refractivity contribution in [1.82, 2.24) is 4.90 Å². The zero-order chi connectivity index (χ0) is 16.0. The minimum Gasteiger partial charge on any atom is -0.478 e. The molecule has 0 atom stereocenters. The van der Waals surface area contributed by atoms with Crippen LogP contribution in [-0.4, -0.2) is 60.4 Å². The smallest absolute Gasteiger partial charge is 0.336 e. The Labute approximate surface area is 124 Å². The number of carboxylic acids is 1. The quantitative estimate of drug-likeness (QED) is 0.786. The number of benzene rings is 1. The molecule has 21 heavy (non-hydrogen) atoms. The summed E-state index contributed by atoms with van der Waals surface area (Å²) in [5, 5.41) is 18.4. The van der Waals surface area contributed by atoms with Crippen LogP contribution in [0.3, 0.4) is 0 Å². The standard InChI is InChI=1S/C15H21NO5/c1-10-4-5-11(2)13(15(19)20)12(10)14(18)16(6-8-17)7-9-21-3/h4-5,17H,6-9H2,1-3H3,(H,19,20). The molecule has 116 valence electrons. The number of methoxy groups -OCH3 is 1. The van der Waals surface area contributed by atoms with Gasteiger partial charge < -0.3 is 19.8 Å². The van der Waals surface area contributed by atoms with Crippen molar-refractivity contribution < 1.29 is 24.5 Å². The summed E-state index contributed by atoms with van der Waals surface area (Å²) >= 11 is 0. The normalized spacial score (nSPS) is 10.5. The minimum absolute atomic E-state index is 0.0142. The molecule has 0 saturated carbocycles. The monoisotopic (exact) mass is 295 g/mol. The fourth-order valence-corrected chi connectivity index (χ4v) is 2.16. The van der Waals surface area contributed by atoms with Crippen LogP contribution in [0.4, 0.5) is 0 Å². The number of aliphatic hydroxyl groups excluding tert-OH is 1. The van der Waals surface area contributed by atoms with E-state index in [4.69, 9.17) is 9.84 Å². The third kappa shape index (κ3) is 4.03. The number of ether oxygens (including phenoxy) is 1. The lowest BCUT2D eigenvalue weighted by molar-refractivity contribution is 0.0631. The molecule has 0 heterocycles. The van der Waals surface area contributed by atoms with Gasteiger partial charge in [-0.2, -0.15) is 0 Å². The number of carbonyl (C=O) groups is 2. The summed E-state index contributed by atoms with van der Waals surface area (Å²) in [7, 11) is 1.52. The van der Waals surface area contributed by atoms with Crippen molar-refractivity contribution in [3.8, 4) is 0 Å². The lowest BCUT2D eigenvalue weighted by atomic mass is 9.96. The van der Waals surface area contributed by atoms with Gasteiger partial charge in [-0.15, -0.1) is 0 Å². The number of aryl methyl sites for hydroxylation is 2.